The normalized spacial score (nSPS) is 10.2. The van der Waals surface area contributed by atoms with E-state index >= 15 is 0 Å². The molecule has 0 saturated heterocycles. The lowest BCUT2D eigenvalue weighted by atomic mass is 10.2. The first kappa shape index (κ1) is 19.0. The number of anilines is 3. The Kier molecular flexibility index (Phi) is 5.59. The van der Waals surface area contributed by atoms with Gasteiger partial charge in [-0.05, 0) is 37.3 Å². The summed E-state index contributed by atoms with van der Waals surface area (Å²) >= 11 is 0. The first-order valence-electron chi connectivity index (χ1n) is 8.33. The summed E-state index contributed by atoms with van der Waals surface area (Å²) in [5, 5.41) is 5.59. The van der Waals surface area contributed by atoms with Crippen LogP contribution < -0.4 is 10.6 Å². The Labute approximate surface area is 160 Å². The lowest BCUT2D eigenvalue weighted by Gasteiger charge is -2.12. The van der Waals surface area contributed by atoms with Gasteiger partial charge in [-0.15, -0.1) is 0 Å². The first-order chi connectivity index (χ1) is 13.5. The number of aromatic nitrogens is 2. The standard InChI is InChI=1S/C20H17FN4O3/c1-12-22-17(19(26)24-14-7-5-6-13(21)10-14)11-18(23-12)25-16-9-4-3-8-15(16)20(27)28-2/h3-11H,1-2H3,(H,24,26)(H,22,23,25). The van der Waals surface area contributed by atoms with Crippen molar-refractivity contribution in [1.82, 2.24) is 9.97 Å². The van der Waals surface area contributed by atoms with E-state index in [-0.39, 0.29) is 5.69 Å². The predicted octanol–water partition coefficient (Wildman–Crippen LogP) is 3.71. The molecule has 2 aromatic carbocycles. The highest BCUT2D eigenvalue weighted by Gasteiger charge is 2.14. The van der Waals surface area contributed by atoms with E-state index in [1.54, 1.807) is 37.3 Å². The topological polar surface area (TPSA) is 93.2 Å². The highest BCUT2D eigenvalue weighted by molar-refractivity contribution is 6.03. The minimum Gasteiger partial charge on any atom is -0.465 e. The Morgan fingerprint density at radius 1 is 1.04 bits per heavy atom. The quantitative estimate of drug-likeness (QED) is 0.656. The van der Waals surface area contributed by atoms with E-state index in [2.05, 4.69) is 20.6 Å². The summed E-state index contributed by atoms with van der Waals surface area (Å²) in [6.07, 6.45) is 0. The highest BCUT2D eigenvalue weighted by Crippen LogP contribution is 2.21. The first-order valence-corrected chi connectivity index (χ1v) is 8.33. The van der Waals surface area contributed by atoms with Crippen LogP contribution in [0.4, 0.5) is 21.6 Å². The molecule has 0 radical (unpaired) electrons. The molecular weight excluding hydrogens is 363 g/mol. The second kappa shape index (κ2) is 8.26. The average Bonchev–Trinajstić information content (AvgIpc) is 2.67. The molecule has 0 fully saturated rings. The number of nitrogens with one attached hydrogen (secondary N) is 2. The summed E-state index contributed by atoms with van der Waals surface area (Å²) in [6.45, 7) is 1.64. The van der Waals surface area contributed by atoms with Crippen LogP contribution in [0.3, 0.4) is 0 Å². The molecule has 0 aliphatic carbocycles. The molecule has 1 aromatic heterocycles. The van der Waals surface area contributed by atoms with Gasteiger partial charge < -0.3 is 15.4 Å². The molecule has 7 nitrogen and oxygen atoms in total. The molecule has 8 heteroatoms. The average molecular weight is 380 g/mol. The third-order valence-corrected chi connectivity index (χ3v) is 3.75. The number of halogens is 1. The number of benzene rings is 2. The smallest absolute Gasteiger partial charge is 0.339 e. The fourth-order valence-corrected chi connectivity index (χ4v) is 2.53. The van der Waals surface area contributed by atoms with Gasteiger partial charge in [-0.1, -0.05) is 18.2 Å². The highest BCUT2D eigenvalue weighted by atomic mass is 19.1. The molecule has 0 unspecified atom stereocenters. The van der Waals surface area contributed by atoms with Crippen LogP contribution in [-0.2, 0) is 4.74 Å². The number of nitrogens with zero attached hydrogens (tertiary/aromatic N) is 2. The maximum absolute atomic E-state index is 13.3. The van der Waals surface area contributed by atoms with E-state index in [1.807, 2.05) is 0 Å². The lowest BCUT2D eigenvalue weighted by molar-refractivity contribution is 0.0601. The van der Waals surface area contributed by atoms with Crippen molar-refractivity contribution in [1.29, 1.82) is 0 Å². The van der Waals surface area contributed by atoms with Crippen molar-refractivity contribution in [3.05, 3.63) is 77.5 Å². The Bertz CT molecular complexity index is 1040. The van der Waals surface area contributed by atoms with Gasteiger partial charge in [-0.25, -0.2) is 19.2 Å². The van der Waals surface area contributed by atoms with Crippen molar-refractivity contribution in [2.45, 2.75) is 6.92 Å². The van der Waals surface area contributed by atoms with Crippen molar-refractivity contribution < 1.29 is 18.7 Å². The second-order valence-electron chi connectivity index (χ2n) is 5.81. The van der Waals surface area contributed by atoms with Crippen molar-refractivity contribution in [3.8, 4) is 0 Å². The zero-order valence-corrected chi connectivity index (χ0v) is 15.2. The van der Waals surface area contributed by atoms with E-state index in [1.165, 1.54) is 31.4 Å². The number of hydrogen-bond donors (Lipinski definition) is 2. The van der Waals surface area contributed by atoms with E-state index in [0.29, 0.717) is 28.6 Å². The molecular formula is C20H17FN4O3. The Morgan fingerprint density at radius 3 is 2.57 bits per heavy atom. The van der Waals surface area contributed by atoms with Gasteiger partial charge in [-0.3, -0.25) is 4.79 Å². The molecule has 142 valence electrons. The van der Waals surface area contributed by atoms with Gasteiger partial charge in [0.2, 0.25) is 0 Å². The maximum atomic E-state index is 13.3. The molecule has 0 aliphatic rings. The molecule has 1 amide bonds. The fraction of sp³-hybridized carbons (Fsp3) is 0.100. The van der Waals surface area contributed by atoms with E-state index in [4.69, 9.17) is 4.74 Å². The molecule has 2 N–H and O–H groups in total. The monoisotopic (exact) mass is 380 g/mol. The molecule has 28 heavy (non-hydrogen) atoms. The molecule has 3 aromatic rings. The van der Waals surface area contributed by atoms with Crippen molar-refractivity contribution >= 4 is 29.1 Å². The van der Waals surface area contributed by atoms with Gasteiger partial charge in [-0.2, -0.15) is 0 Å². The predicted molar refractivity (Wildman–Crippen MR) is 102 cm³/mol. The minimum atomic E-state index is -0.514. The fourth-order valence-electron chi connectivity index (χ4n) is 2.53. The number of para-hydroxylation sites is 1. The number of ether oxygens (including phenoxy) is 1. The number of carbonyl (C=O) groups excluding carboxylic acids is 2. The number of rotatable bonds is 5. The van der Waals surface area contributed by atoms with Gasteiger partial charge in [0.25, 0.3) is 5.91 Å². The summed E-state index contributed by atoms with van der Waals surface area (Å²) < 4.78 is 18.1. The SMILES string of the molecule is COC(=O)c1ccccc1Nc1cc(C(=O)Nc2cccc(F)c2)nc(C)n1. The van der Waals surface area contributed by atoms with Crippen molar-refractivity contribution in [3.63, 3.8) is 0 Å². The van der Waals surface area contributed by atoms with Crippen LogP contribution in [0.1, 0.15) is 26.7 Å². The van der Waals surface area contributed by atoms with Gasteiger partial charge in [0, 0.05) is 11.8 Å². The number of amides is 1. The molecule has 0 spiro atoms. The van der Waals surface area contributed by atoms with Crippen LogP contribution in [-0.4, -0.2) is 29.0 Å². The van der Waals surface area contributed by atoms with Gasteiger partial charge >= 0.3 is 5.97 Å². The molecule has 0 saturated carbocycles. The van der Waals surface area contributed by atoms with Crippen LogP contribution >= 0.6 is 0 Å². The maximum Gasteiger partial charge on any atom is 0.339 e. The Balaban J connectivity index is 1.86. The minimum absolute atomic E-state index is 0.0924. The van der Waals surface area contributed by atoms with Crippen LogP contribution in [0.2, 0.25) is 0 Å². The number of methoxy groups -OCH3 is 1. The van der Waals surface area contributed by atoms with E-state index in [9.17, 15) is 14.0 Å². The van der Waals surface area contributed by atoms with E-state index < -0.39 is 17.7 Å². The molecule has 0 aliphatic heterocycles. The number of esters is 1. The van der Waals surface area contributed by atoms with Gasteiger partial charge in [0.05, 0.1) is 18.4 Å². The summed E-state index contributed by atoms with van der Waals surface area (Å²) in [5.41, 5.74) is 1.21. The number of hydrogen-bond acceptors (Lipinski definition) is 6. The zero-order valence-electron chi connectivity index (χ0n) is 15.2. The third-order valence-electron chi connectivity index (χ3n) is 3.75. The lowest BCUT2D eigenvalue weighted by Crippen LogP contribution is -2.15. The van der Waals surface area contributed by atoms with Crippen LogP contribution in [0.25, 0.3) is 0 Å². The zero-order chi connectivity index (χ0) is 20.1. The molecule has 1 heterocycles. The van der Waals surface area contributed by atoms with Crippen molar-refractivity contribution in [2.75, 3.05) is 17.7 Å². The summed E-state index contributed by atoms with van der Waals surface area (Å²) in [7, 11) is 1.29. The largest absolute Gasteiger partial charge is 0.465 e. The van der Waals surface area contributed by atoms with Crippen LogP contribution in [0, 0.1) is 12.7 Å². The number of aryl methyl sites for hydroxylation is 1. The molecule has 0 atom stereocenters. The number of carbonyl (C=O) groups is 2. The van der Waals surface area contributed by atoms with Crippen LogP contribution in [0.5, 0.6) is 0 Å². The second-order valence-corrected chi connectivity index (χ2v) is 5.81. The molecule has 3 rings (SSSR count). The van der Waals surface area contributed by atoms with Crippen molar-refractivity contribution in [2.24, 2.45) is 0 Å². The summed E-state index contributed by atoms with van der Waals surface area (Å²) in [6, 6.07) is 13.8. The Morgan fingerprint density at radius 2 is 1.82 bits per heavy atom. The Hall–Kier alpha value is -3.81. The van der Waals surface area contributed by atoms with Gasteiger partial charge in [0.15, 0.2) is 0 Å². The van der Waals surface area contributed by atoms with Gasteiger partial charge in [0.1, 0.15) is 23.2 Å². The summed E-state index contributed by atoms with van der Waals surface area (Å²) in [5.74, 6) is -0.796. The molecule has 0 bridgehead atoms. The van der Waals surface area contributed by atoms with Crippen LogP contribution in [0.15, 0.2) is 54.6 Å². The summed E-state index contributed by atoms with van der Waals surface area (Å²) in [4.78, 5) is 32.7. The van der Waals surface area contributed by atoms with E-state index in [0.717, 1.165) is 0 Å². The third kappa shape index (κ3) is 4.47.